The van der Waals surface area contributed by atoms with Crippen LogP contribution in [0, 0.1) is 35.5 Å². The second kappa shape index (κ2) is 8.99. The van der Waals surface area contributed by atoms with Crippen LogP contribution < -0.4 is 0 Å². The van der Waals surface area contributed by atoms with Crippen LogP contribution in [-0.2, 0) is 14.4 Å². The minimum atomic E-state index is -2.56. The molecule has 0 aromatic heterocycles. The molecule has 41 heavy (non-hydrogen) atoms. The van der Waals surface area contributed by atoms with Crippen molar-refractivity contribution in [1.82, 2.24) is 0 Å². The highest BCUT2D eigenvalue weighted by Crippen LogP contribution is 2.70. The van der Waals surface area contributed by atoms with Gasteiger partial charge in [-0.05, 0) is 55.6 Å². The fourth-order valence-corrected chi connectivity index (χ4v) is 8.84. The van der Waals surface area contributed by atoms with Gasteiger partial charge in [0.15, 0.2) is 11.4 Å². The van der Waals surface area contributed by atoms with Crippen LogP contribution in [0.2, 0.25) is 0 Å². The first-order valence-corrected chi connectivity index (χ1v) is 14.4. The molecule has 6 heteroatoms. The predicted molar refractivity (Wildman–Crippen MR) is 158 cm³/mol. The van der Waals surface area contributed by atoms with E-state index in [0.29, 0.717) is 16.7 Å². The number of carbonyl (C=O) groups excluding carboxylic acids is 3. The number of aliphatic hydroxyl groups is 2. The molecule has 0 bridgehead atoms. The zero-order valence-corrected chi connectivity index (χ0v) is 25.3. The predicted octanol–water partition coefficient (Wildman–Crippen LogP) is 6.48. The fourth-order valence-electron chi connectivity index (χ4n) is 8.84. The van der Waals surface area contributed by atoms with Gasteiger partial charge in [0.1, 0.15) is 11.5 Å². The number of hydrogen-bond acceptors (Lipinski definition) is 6. The highest BCUT2D eigenvalue weighted by molar-refractivity contribution is 6.33. The number of allylic oxidation sites excluding steroid dienone is 1. The number of aryl methyl sites for hydroxylation is 1. The van der Waals surface area contributed by atoms with Crippen molar-refractivity contribution in [3.05, 3.63) is 69.8 Å². The van der Waals surface area contributed by atoms with Crippen molar-refractivity contribution >= 4 is 23.1 Å². The van der Waals surface area contributed by atoms with Crippen LogP contribution in [0.1, 0.15) is 78.0 Å². The van der Waals surface area contributed by atoms with Gasteiger partial charge in [-0.1, -0.05) is 89.1 Å². The van der Waals surface area contributed by atoms with Crippen LogP contribution >= 0.6 is 0 Å². The molecule has 1 saturated carbocycles. The number of aromatic hydroxyl groups is 1. The van der Waals surface area contributed by atoms with E-state index >= 15 is 0 Å². The van der Waals surface area contributed by atoms with Gasteiger partial charge >= 0.3 is 0 Å². The monoisotopic (exact) mass is 556 g/mol. The SMILES string of the molecule is CC(=O)C1=C(C)[C@@H](C(C)C)[C@]2(C)[C@@H](C)[C@@]3(C)C(=C(O)c4c(ccc(-c5ccc(C)cc5)c4O)[C@@H]3C)C(=O)[C@]2(O)C1=O. The van der Waals surface area contributed by atoms with Crippen LogP contribution in [0.25, 0.3) is 16.9 Å². The molecule has 0 saturated heterocycles. The van der Waals surface area contributed by atoms with Gasteiger partial charge in [0.05, 0.1) is 11.1 Å². The molecule has 3 aliphatic rings. The second-order valence-electron chi connectivity index (χ2n) is 13.2. The van der Waals surface area contributed by atoms with Gasteiger partial charge in [-0.25, -0.2) is 0 Å². The molecular formula is C35H40O6. The van der Waals surface area contributed by atoms with E-state index in [9.17, 15) is 29.7 Å². The first kappa shape index (κ1) is 29.0. The van der Waals surface area contributed by atoms with Crippen LogP contribution in [0.5, 0.6) is 5.75 Å². The molecule has 0 amide bonds. The molecule has 0 unspecified atom stereocenters. The van der Waals surface area contributed by atoms with E-state index in [1.807, 2.05) is 77.9 Å². The zero-order chi connectivity index (χ0) is 30.6. The maximum Gasteiger partial charge on any atom is 0.206 e. The standard InChI is InChI=1S/C35H40O6/c1-16(2)27-18(4)25(20(6)36)31(39)35(41)32(40)28-30(38)26-23(19(5)33(28,8)21(7)34(27,35)9)14-15-24(29(26)37)22-12-10-17(3)11-13-22/h10-16,19,21,27,37-38,41H,1-9H3/t19-,21-,27+,33-,34-,35+/m0/s1. The lowest BCUT2D eigenvalue weighted by Crippen LogP contribution is -2.74. The minimum absolute atomic E-state index is 0.0698. The molecule has 1 fully saturated rings. The third-order valence-electron chi connectivity index (χ3n) is 11.2. The number of phenolic OH excluding ortho intramolecular Hbond substituents is 1. The van der Waals surface area contributed by atoms with Crippen molar-refractivity contribution in [1.29, 1.82) is 0 Å². The molecule has 5 rings (SSSR count). The summed E-state index contributed by atoms with van der Waals surface area (Å²) in [5.41, 5.74) is -1.31. The van der Waals surface area contributed by atoms with Crippen LogP contribution in [0.15, 0.2) is 53.1 Å². The largest absolute Gasteiger partial charge is 0.507 e. The third kappa shape index (κ3) is 3.31. The Hall–Kier alpha value is -3.51. The number of benzene rings is 2. The topological polar surface area (TPSA) is 112 Å². The lowest BCUT2D eigenvalue weighted by Gasteiger charge is -2.65. The summed E-state index contributed by atoms with van der Waals surface area (Å²) < 4.78 is 0. The number of hydrogen-bond donors (Lipinski definition) is 3. The van der Waals surface area contributed by atoms with E-state index in [1.54, 1.807) is 13.8 Å². The van der Waals surface area contributed by atoms with E-state index in [0.717, 1.165) is 11.1 Å². The Morgan fingerprint density at radius 2 is 1.51 bits per heavy atom. The Kier molecular flexibility index (Phi) is 6.36. The minimum Gasteiger partial charge on any atom is -0.507 e. The number of carbonyl (C=O) groups is 3. The summed E-state index contributed by atoms with van der Waals surface area (Å²) in [4.78, 5) is 41.6. The zero-order valence-electron chi connectivity index (χ0n) is 25.3. The Morgan fingerprint density at radius 3 is 2.05 bits per heavy atom. The Balaban J connectivity index is 1.84. The van der Waals surface area contributed by atoms with E-state index in [2.05, 4.69) is 0 Å². The molecule has 6 nitrogen and oxygen atoms in total. The number of rotatable bonds is 3. The molecule has 2 aromatic carbocycles. The quantitative estimate of drug-likeness (QED) is 0.295. The first-order valence-electron chi connectivity index (χ1n) is 14.4. The summed E-state index contributed by atoms with van der Waals surface area (Å²) in [7, 11) is 0. The van der Waals surface area contributed by atoms with Crippen molar-refractivity contribution in [2.24, 2.45) is 28.6 Å². The van der Waals surface area contributed by atoms with Crippen molar-refractivity contribution in [2.75, 3.05) is 0 Å². The van der Waals surface area contributed by atoms with Crippen molar-refractivity contribution < 1.29 is 29.7 Å². The average molecular weight is 557 g/mol. The maximum atomic E-state index is 14.7. The Labute approximate surface area is 241 Å². The molecular weight excluding hydrogens is 516 g/mol. The smallest absolute Gasteiger partial charge is 0.206 e. The molecule has 3 N–H and O–H groups in total. The van der Waals surface area contributed by atoms with Crippen molar-refractivity contribution in [2.45, 2.75) is 73.8 Å². The molecule has 0 radical (unpaired) electrons. The van der Waals surface area contributed by atoms with Gasteiger partial charge in [0.25, 0.3) is 0 Å². The molecule has 0 aliphatic heterocycles. The summed E-state index contributed by atoms with van der Waals surface area (Å²) in [6.07, 6.45) is 0. The molecule has 216 valence electrons. The van der Waals surface area contributed by atoms with Crippen LogP contribution in [0.4, 0.5) is 0 Å². The summed E-state index contributed by atoms with van der Waals surface area (Å²) in [5, 5.41) is 35.9. The van der Waals surface area contributed by atoms with E-state index in [1.165, 1.54) is 6.92 Å². The second-order valence-corrected chi connectivity index (χ2v) is 13.2. The molecule has 0 heterocycles. The first-order chi connectivity index (χ1) is 19.0. The molecule has 2 aromatic rings. The normalized spacial score (nSPS) is 33.1. The number of ketones is 3. The van der Waals surface area contributed by atoms with Crippen LogP contribution in [0.3, 0.4) is 0 Å². The van der Waals surface area contributed by atoms with Crippen LogP contribution in [-0.4, -0.2) is 38.3 Å². The third-order valence-corrected chi connectivity index (χ3v) is 11.2. The highest BCUT2D eigenvalue weighted by atomic mass is 16.3. The number of aliphatic hydroxyl groups excluding tert-OH is 1. The van der Waals surface area contributed by atoms with E-state index in [-0.39, 0.29) is 34.3 Å². The summed E-state index contributed by atoms with van der Waals surface area (Å²) in [6.45, 7) is 16.5. The Morgan fingerprint density at radius 1 is 0.927 bits per heavy atom. The summed E-state index contributed by atoms with van der Waals surface area (Å²) in [6, 6.07) is 11.3. The fraction of sp³-hybridized carbons (Fsp3) is 0.457. The van der Waals surface area contributed by atoms with Gasteiger partial charge in [-0.3, -0.25) is 14.4 Å². The molecule has 3 aliphatic carbocycles. The Bertz CT molecular complexity index is 1590. The van der Waals surface area contributed by atoms with E-state index < -0.39 is 51.4 Å². The maximum absolute atomic E-state index is 14.7. The lowest BCUT2D eigenvalue weighted by molar-refractivity contribution is -0.194. The number of fused-ring (bicyclic) bond motifs is 3. The molecule has 6 atom stereocenters. The van der Waals surface area contributed by atoms with Crippen molar-refractivity contribution in [3.63, 3.8) is 0 Å². The van der Waals surface area contributed by atoms with Crippen molar-refractivity contribution in [3.8, 4) is 16.9 Å². The number of Topliss-reactive ketones (excluding diaryl/α,β-unsaturated/α-hetero) is 3. The van der Waals surface area contributed by atoms with Gasteiger partial charge in [0.2, 0.25) is 11.6 Å². The average Bonchev–Trinajstić information content (AvgIpc) is 2.89. The molecule has 0 spiro atoms. The van der Waals surface area contributed by atoms with Gasteiger partial charge in [0, 0.05) is 22.0 Å². The lowest BCUT2D eigenvalue weighted by atomic mass is 9.37. The number of phenols is 1. The summed E-state index contributed by atoms with van der Waals surface area (Å²) in [5.74, 6) is -4.28. The summed E-state index contributed by atoms with van der Waals surface area (Å²) >= 11 is 0. The van der Waals surface area contributed by atoms with Gasteiger partial charge < -0.3 is 15.3 Å². The van der Waals surface area contributed by atoms with Gasteiger partial charge in [-0.15, -0.1) is 0 Å². The highest BCUT2D eigenvalue weighted by Gasteiger charge is 2.75. The van der Waals surface area contributed by atoms with Gasteiger partial charge in [-0.2, -0.15) is 0 Å². The van der Waals surface area contributed by atoms with E-state index in [4.69, 9.17) is 0 Å².